The molecule has 1 unspecified atom stereocenters. The summed E-state index contributed by atoms with van der Waals surface area (Å²) in [4.78, 5) is 14.4. The van der Waals surface area contributed by atoms with Crippen LogP contribution in [0.2, 0.25) is 0 Å². The summed E-state index contributed by atoms with van der Waals surface area (Å²) in [5.41, 5.74) is -0.412. The number of carbonyl (C=O) groups excluding carboxylic acids is 1. The molecule has 2 aromatic heterocycles. The molecule has 1 fully saturated rings. The number of pyridine rings is 1. The molecule has 4 rings (SSSR count). The molecule has 1 aliphatic rings. The Kier molecular flexibility index (Phi) is 6.20. The lowest BCUT2D eigenvalue weighted by Gasteiger charge is -2.32. The third kappa shape index (κ3) is 4.63. The van der Waals surface area contributed by atoms with Gasteiger partial charge in [0.1, 0.15) is 5.82 Å². The van der Waals surface area contributed by atoms with Crippen molar-refractivity contribution in [3.05, 3.63) is 54.0 Å². The molecule has 170 valence electrons. The number of carbonyl (C=O) groups is 1. The number of hydrogen-bond acceptors (Lipinski definition) is 5. The number of rotatable bonds is 6. The Labute approximate surface area is 182 Å². The molecule has 1 saturated heterocycles. The van der Waals surface area contributed by atoms with Crippen LogP contribution in [0.1, 0.15) is 36.6 Å². The highest BCUT2D eigenvalue weighted by atomic mass is 19.4. The summed E-state index contributed by atoms with van der Waals surface area (Å²) >= 11 is 0. The molecule has 32 heavy (non-hydrogen) atoms. The van der Waals surface area contributed by atoms with Crippen molar-refractivity contribution in [3.8, 4) is 11.5 Å². The monoisotopic (exact) mass is 448 g/mol. The van der Waals surface area contributed by atoms with Crippen molar-refractivity contribution in [2.24, 2.45) is 0 Å². The van der Waals surface area contributed by atoms with Gasteiger partial charge in [-0.05, 0) is 37.1 Å². The molecule has 3 aromatic rings. The normalized spacial score (nSPS) is 16.9. The molecule has 0 aliphatic carbocycles. The number of benzene rings is 1. The van der Waals surface area contributed by atoms with Crippen LogP contribution in [0.25, 0.3) is 5.65 Å². The fraction of sp³-hybridized carbons (Fsp3) is 0.409. The third-order valence-corrected chi connectivity index (χ3v) is 5.54. The molecule has 0 radical (unpaired) electrons. The first-order valence-electron chi connectivity index (χ1n) is 10.3. The standard InChI is InChI=1S/C22H23F3N4O3/c1-31-17-6-2-3-7-18(17)32-12-10-20(30)28-11-4-5-15(13-28)21-27-26-19-9-8-16(14-29(19)21)22(23,24)25/h2-3,6-9,14-15H,4-5,10-13H2,1H3. The lowest BCUT2D eigenvalue weighted by molar-refractivity contribution is -0.138. The van der Waals surface area contributed by atoms with Gasteiger partial charge in [-0.2, -0.15) is 13.2 Å². The molecule has 1 atom stereocenters. The van der Waals surface area contributed by atoms with Gasteiger partial charge in [-0.15, -0.1) is 10.2 Å². The number of fused-ring (bicyclic) bond motifs is 1. The Morgan fingerprint density at radius 1 is 1.16 bits per heavy atom. The van der Waals surface area contributed by atoms with E-state index in [-0.39, 0.29) is 24.9 Å². The summed E-state index contributed by atoms with van der Waals surface area (Å²) in [6.07, 6.45) is -1.79. The molecule has 1 aliphatic heterocycles. The number of para-hydroxylation sites is 2. The number of ether oxygens (including phenoxy) is 2. The molecule has 3 heterocycles. The fourth-order valence-corrected chi connectivity index (χ4v) is 3.91. The van der Waals surface area contributed by atoms with E-state index in [1.54, 1.807) is 24.1 Å². The first-order chi connectivity index (χ1) is 15.4. The SMILES string of the molecule is COc1ccccc1OCCC(=O)N1CCCC(c2nnc3ccc(C(F)(F)F)cn23)C1. The van der Waals surface area contributed by atoms with Crippen LogP contribution in [-0.4, -0.2) is 52.2 Å². The second-order valence-corrected chi connectivity index (χ2v) is 7.63. The van der Waals surface area contributed by atoms with E-state index in [1.165, 1.54) is 10.5 Å². The van der Waals surface area contributed by atoms with Gasteiger partial charge in [0.15, 0.2) is 17.1 Å². The average Bonchev–Trinajstić information content (AvgIpc) is 3.22. The first-order valence-corrected chi connectivity index (χ1v) is 10.3. The molecule has 7 nitrogen and oxygen atoms in total. The minimum absolute atomic E-state index is 0.0746. The van der Waals surface area contributed by atoms with E-state index in [4.69, 9.17) is 9.47 Å². The lowest BCUT2D eigenvalue weighted by Crippen LogP contribution is -2.40. The van der Waals surface area contributed by atoms with E-state index in [0.717, 1.165) is 25.1 Å². The number of hydrogen-bond donors (Lipinski definition) is 0. The zero-order valence-corrected chi connectivity index (χ0v) is 17.5. The topological polar surface area (TPSA) is 69.0 Å². The van der Waals surface area contributed by atoms with Crippen molar-refractivity contribution < 1.29 is 27.4 Å². The summed E-state index contributed by atoms with van der Waals surface area (Å²) in [6, 6.07) is 9.50. The van der Waals surface area contributed by atoms with Crippen molar-refractivity contribution in [3.63, 3.8) is 0 Å². The summed E-state index contributed by atoms with van der Waals surface area (Å²) < 4.78 is 51.7. The molecule has 10 heteroatoms. The minimum atomic E-state index is -4.45. The maximum atomic E-state index is 13.1. The molecule has 0 saturated carbocycles. The second kappa shape index (κ2) is 9.05. The molecule has 0 bridgehead atoms. The quantitative estimate of drug-likeness (QED) is 0.572. The third-order valence-electron chi connectivity index (χ3n) is 5.54. The number of halogens is 3. The van der Waals surface area contributed by atoms with Crippen LogP contribution in [0.5, 0.6) is 11.5 Å². The largest absolute Gasteiger partial charge is 0.493 e. The first kappa shape index (κ1) is 21.9. The fourth-order valence-electron chi connectivity index (χ4n) is 3.91. The Morgan fingerprint density at radius 2 is 1.94 bits per heavy atom. The van der Waals surface area contributed by atoms with Crippen molar-refractivity contribution in [1.82, 2.24) is 19.5 Å². The van der Waals surface area contributed by atoms with Crippen molar-refractivity contribution in [2.75, 3.05) is 26.8 Å². The second-order valence-electron chi connectivity index (χ2n) is 7.63. The van der Waals surface area contributed by atoms with Gasteiger partial charge in [-0.3, -0.25) is 9.20 Å². The summed E-state index contributed by atoms with van der Waals surface area (Å²) in [6.45, 7) is 1.17. The Balaban J connectivity index is 1.41. The van der Waals surface area contributed by atoms with Crippen molar-refractivity contribution in [1.29, 1.82) is 0 Å². The van der Waals surface area contributed by atoms with E-state index in [9.17, 15) is 18.0 Å². The van der Waals surface area contributed by atoms with Gasteiger partial charge in [-0.1, -0.05) is 12.1 Å². The maximum Gasteiger partial charge on any atom is 0.417 e. The van der Waals surface area contributed by atoms with Gasteiger partial charge in [0.2, 0.25) is 5.91 Å². The molecule has 1 aromatic carbocycles. The lowest BCUT2D eigenvalue weighted by atomic mass is 9.97. The molecule has 1 amide bonds. The van der Waals surface area contributed by atoms with Gasteiger partial charge in [0, 0.05) is 25.2 Å². The molecular weight excluding hydrogens is 425 g/mol. The highest BCUT2D eigenvalue weighted by Crippen LogP contribution is 2.31. The van der Waals surface area contributed by atoms with E-state index in [0.29, 0.717) is 36.1 Å². The zero-order valence-electron chi connectivity index (χ0n) is 17.5. The van der Waals surface area contributed by atoms with E-state index in [2.05, 4.69) is 10.2 Å². The van der Waals surface area contributed by atoms with Crippen LogP contribution >= 0.6 is 0 Å². The van der Waals surface area contributed by atoms with Crippen LogP contribution in [0.4, 0.5) is 13.2 Å². The number of aromatic nitrogens is 3. The highest BCUT2D eigenvalue weighted by Gasteiger charge is 2.32. The molecular formula is C22H23F3N4O3. The summed E-state index contributed by atoms with van der Waals surface area (Å²) in [5, 5.41) is 8.12. The molecule has 0 N–H and O–H groups in total. The Hall–Kier alpha value is -3.30. The smallest absolute Gasteiger partial charge is 0.417 e. The van der Waals surface area contributed by atoms with Gasteiger partial charge in [0.05, 0.1) is 25.7 Å². The van der Waals surface area contributed by atoms with Crippen LogP contribution in [0.15, 0.2) is 42.6 Å². The van der Waals surface area contributed by atoms with Crippen molar-refractivity contribution >= 4 is 11.6 Å². The van der Waals surface area contributed by atoms with Crippen LogP contribution in [0, 0.1) is 0 Å². The maximum absolute atomic E-state index is 13.1. The van der Waals surface area contributed by atoms with Gasteiger partial charge < -0.3 is 14.4 Å². The number of methoxy groups -OCH3 is 1. The number of alkyl halides is 3. The minimum Gasteiger partial charge on any atom is -0.493 e. The van der Waals surface area contributed by atoms with Crippen molar-refractivity contribution in [2.45, 2.75) is 31.4 Å². The van der Waals surface area contributed by atoms with Crippen LogP contribution < -0.4 is 9.47 Å². The van der Waals surface area contributed by atoms with Gasteiger partial charge in [0.25, 0.3) is 0 Å². The molecule has 0 spiro atoms. The summed E-state index contributed by atoms with van der Waals surface area (Å²) in [5.74, 6) is 1.33. The van der Waals surface area contributed by atoms with Crippen LogP contribution in [0.3, 0.4) is 0 Å². The number of piperidine rings is 1. The van der Waals surface area contributed by atoms with E-state index in [1.807, 2.05) is 12.1 Å². The highest BCUT2D eigenvalue weighted by molar-refractivity contribution is 5.76. The predicted molar refractivity (Wildman–Crippen MR) is 110 cm³/mol. The Bertz CT molecular complexity index is 1100. The number of amides is 1. The zero-order chi connectivity index (χ0) is 22.7. The van der Waals surface area contributed by atoms with E-state index < -0.39 is 11.7 Å². The number of likely N-dealkylation sites (tertiary alicyclic amines) is 1. The van der Waals surface area contributed by atoms with Crippen LogP contribution in [-0.2, 0) is 11.0 Å². The van der Waals surface area contributed by atoms with Gasteiger partial charge in [-0.25, -0.2) is 0 Å². The number of nitrogens with zero attached hydrogens (tertiary/aromatic N) is 4. The van der Waals surface area contributed by atoms with E-state index >= 15 is 0 Å². The summed E-state index contributed by atoms with van der Waals surface area (Å²) in [7, 11) is 1.55. The average molecular weight is 448 g/mol. The van der Waals surface area contributed by atoms with Gasteiger partial charge >= 0.3 is 6.18 Å². The Morgan fingerprint density at radius 3 is 2.69 bits per heavy atom. The predicted octanol–water partition coefficient (Wildman–Crippen LogP) is 3.93.